The molecule has 0 bridgehead atoms. The monoisotopic (exact) mass is 327 g/mol. The Hall–Kier alpha value is -1.27. The molecule has 0 radical (unpaired) electrons. The summed E-state index contributed by atoms with van der Waals surface area (Å²) in [5.41, 5.74) is 0.845. The van der Waals surface area contributed by atoms with Gasteiger partial charge in [0.2, 0.25) is 10.0 Å². The van der Waals surface area contributed by atoms with E-state index in [1.807, 2.05) is 20.8 Å². The number of aryl methyl sites for hydroxylation is 1. The molecule has 1 aromatic carbocycles. The minimum atomic E-state index is -3.62. The van der Waals surface area contributed by atoms with E-state index in [2.05, 4.69) is 0 Å². The van der Waals surface area contributed by atoms with Crippen LogP contribution in [0.5, 0.6) is 11.5 Å². The van der Waals surface area contributed by atoms with Crippen LogP contribution < -0.4 is 9.47 Å². The predicted octanol–water partition coefficient (Wildman–Crippen LogP) is 2.96. The summed E-state index contributed by atoms with van der Waals surface area (Å²) in [6, 6.07) is 3.26. The first-order valence-electron chi connectivity index (χ1n) is 7.59. The average Bonchev–Trinajstić information content (AvgIpc) is 2.46. The van der Waals surface area contributed by atoms with Crippen molar-refractivity contribution in [3.8, 4) is 11.5 Å². The maximum absolute atomic E-state index is 13.2. The highest BCUT2D eigenvalue weighted by Gasteiger charge is 2.37. The lowest BCUT2D eigenvalue weighted by Crippen LogP contribution is -2.47. The molecule has 0 spiro atoms. The molecule has 6 heteroatoms. The quantitative estimate of drug-likeness (QED) is 0.853. The van der Waals surface area contributed by atoms with E-state index in [4.69, 9.17) is 9.47 Å². The van der Waals surface area contributed by atoms with Crippen molar-refractivity contribution < 1.29 is 17.9 Å². The lowest BCUT2D eigenvalue weighted by Gasteiger charge is -2.38. The lowest BCUT2D eigenvalue weighted by molar-refractivity contribution is 0.203. The molecule has 0 amide bonds. The third-order valence-corrected chi connectivity index (χ3v) is 6.50. The molecule has 0 aromatic heterocycles. The van der Waals surface area contributed by atoms with Crippen molar-refractivity contribution in [1.82, 2.24) is 4.31 Å². The van der Waals surface area contributed by atoms with Gasteiger partial charge < -0.3 is 9.47 Å². The summed E-state index contributed by atoms with van der Waals surface area (Å²) in [4.78, 5) is 0.179. The van der Waals surface area contributed by atoms with Gasteiger partial charge in [-0.1, -0.05) is 6.42 Å². The van der Waals surface area contributed by atoms with Gasteiger partial charge in [0.15, 0.2) is 0 Å². The highest BCUT2D eigenvalue weighted by molar-refractivity contribution is 7.89. The fourth-order valence-corrected chi connectivity index (χ4v) is 5.25. The normalized spacial score (nSPS) is 23.3. The van der Waals surface area contributed by atoms with Gasteiger partial charge in [-0.3, -0.25) is 0 Å². The van der Waals surface area contributed by atoms with Gasteiger partial charge in [-0.05, 0) is 45.2 Å². The summed E-state index contributed by atoms with van der Waals surface area (Å²) in [6.45, 7) is 5.79. The van der Waals surface area contributed by atoms with Crippen LogP contribution in [0.2, 0.25) is 0 Å². The Bertz CT molecular complexity index is 632. The van der Waals surface area contributed by atoms with Crippen LogP contribution in [-0.2, 0) is 10.0 Å². The van der Waals surface area contributed by atoms with E-state index < -0.39 is 10.0 Å². The van der Waals surface area contributed by atoms with Crippen LogP contribution in [0.3, 0.4) is 0 Å². The lowest BCUT2D eigenvalue weighted by atomic mass is 10.0. The van der Waals surface area contributed by atoms with Crippen molar-refractivity contribution in [2.45, 2.75) is 57.0 Å². The maximum atomic E-state index is 13.2. The molecule has 1 aliphatic rings. The van der Waals surface area contributed by atoms with Crippen molar-refractivity contribution in [2.75, 3.05) is 14.2 Å². The Morgan fingerprint density at radius 2 is 1.59 bits per heavy atom. The standard InChI is InChI=1S/C16H25NO4S/c1-11-9-15(21-5)16(10-14(11)20-4)22(18,19)17-12(2)7-6-8-13(17)3/h9-10,12-13H,6-8H2,1-5H3. The highest BCUT2D eigenvalue weighted by Crippen LogP contribution is 2.37. The number of sulfonamides is 1. The second-order valence-corrected chi connectivity index (χ2v) is 7.75. The molecule has 2 unspecified atom stereocenters. The largest absolute Gasteiger partial charge is 0.496 e. The van der Waals surface area contributed by atoms with E-state index in [0.717, 1.165) is 24.8 Å². The zero-order chi connectivity index (χ0) is 16.5. The number of piperidine rings is 1. The molecule has 1 aliphatic heterocycles. The van der Waals surface area contributed by atoms with Crippen LogP contribution in [-0.4, -0.2) is 39.0 Å². The molecule has 2 rings (SSSR count). The fraction of sp³-hybridized carbons (Fsp3) is 0.625. The van der Waals surface area contributed by atoms with E-state index in [0.29, 0.717) is 11.5 Å². The van der Waals surface area contributed by atoms with Gasteiger partial charge >= 0.3 is 0 Å². The summed E-state index contributed by atoms with van der Waals surface area (Å²) in [5.74, 6) is 0.917. The van der Waals surface area contributed by atoms with Crippen LogP contribution in [0, 0.1) is 6.92 Å². The third-order valence-electron chi connectivity index (χ3n) is 4.35. The van der Waals surface area contributed by atoms with Crippen molar-refractivity contribution in [3.63, 3.8) is 0 Å². The average molecular weight is 327 g/mol. The molecular formula is C16H25NO4S. The van der Waals surface area contributed by atoms with Crippen LogP contribution >= 0.6 is 0 Å². The Balaban J connectivity index is 2.57. The van der Waals surface area contributed by atoms with Gasteiger partial charge in [0.25, 0.3) is 0 Å². The smallest absolute Gasteiger partial charge is 0.247 e. The van der Waals surface area contributed by atoms with Crippen LogP contribution in [0.4, 0.5) is 0 Å². The summed E-state index contributed by atoms with van der Waals surface area (Å²) in [5, 5.41) is 0. The number of methoxy groups -OCH3 is 2. The zero-order valence-electron chi connectivity index (χ0n) is 13.9. The summed E-state index contributed by atoms with van der Waals surface area (Å²) < 4.78 is 38.5. The summed E-state index contributed by atoms with van der Waals surface area (Å²) in [6.07, 6.45) is 2.83. The van der Waals surface area contributed by atoms with Crippen LogP contribution in [0.15, 0.2) is 17.0 Å². The highest BCUT2D eigenvalue weighted by atomic mass is 32.2. The van der Waals surface area contributed by atoms with E-state index in [1.165, 1.54) is 14.2 Å². The van der Waals surface area contributed by atoms with E-state index in [-0.39, 0.29) is 17.0 Å². The number of nitrogens with zero attached hydrogens (tertiary/aromatic N) is 1. The van der Waals surface area contributed by atoms with Crippen molar-refractivity contribution in [2.24, 2.45) is 0 Å². The molecule has 5 nitrogen and oxygen atoms in total. The van der Waals surface area contributed by atoms with Gasteiger partial charge in [-0.25, -0.2) is 8.42 Å². The summed E-state index contributed by atoms with van der Waals surface area (Å²) >= 11 is 0. The molecule has 1 heterocycles. The second-order valence-electron chi connectivity index (χ2n) is 5.94. The van der Waals surface area contributed by atoms with Gasteiger partial charge in [0.05, 0.1) is 14.2 Å². The maximum Gasteiger partial charge on any atom is 0.247 e. The fourth-order valence-electron chi connectivity index (χ4n) is 3.21. The summed E-state index contributed by atoms with van der Waals surface area (Å²) in [7, 11) is -0.596. The van der Waals surface area contributed by atoms with Crippen molar-refractivity contribution in [1.29, 1.82) is 0 Å². The van der Waals surface area contributed by atoms with Gasteiger partial charge in [0.1, 0.15) is 16.4 Å². The minimum absolute atomic E-state index is 0.00856. The Labute approximate surface area is 133 Å². The van der Waals surface area contributed by atoms with E-state index >= 15 is 0 Å². The Kier molecular flexibility index (Phi) is 5.02. The topological polar surface area (TPSA) is 55.8 Å². The first-order chi connectivity index (χ1) is 10.3. The number of hydrogen-bond acceptors (Lipinski definition) is 4. The number of hydrogen-bond donors (Lipinski definition) is 0. The Morgan fingerprint density at radius 1 is 1.05 bits per heavy atom. The van der Waals surface area contributed by atoms with Crippen LogP contribution in [0.1, 0.15) is 38.7 Å². The molecule has 0 saturated carbocycles. The van der Waals surface area contributed by atoms with Crippen LogP contribution in [0.25, 0.3) is 0 Å². The molecule has 1 saturated heterocycles. The molecular weight excluding hydrogens is 302 g/mol. The molecule has 0 aliphatic carbocycles. The molecule has 1 fully saturated rings. The van der Waals surface area contributed by atoms with Crippen molar-refractivity contribution >= 4 is 10.0 Å². The Morgan fingerprint density at radius 3 is 2.09 bits per heavy atom. The second kappa shape index (κ2) is 6.46. The molecule has 1 aromatic rings. The van der Waals surface area contributed by atoms with E-state index in [1.54, 1.807) is 16.4 Å². The molecule has 22 heavy (non-hydrogen) atoms. The first-order valence-corrected chi connectivity index (χ1v) is 9.03. The minimum Gasteiger partial charge on any atom is -0.496 e. The predicted molar refractivity (Wildman–Crippen MR) is 86.1 cm³/mol. The third kappa shape index (κ3) is 2.94. The van der Waals surface area contributed by atoms with Gasteiger partial charge in [-0.15, -0.1) is 0 Å². The number of rotatable bonds is 4. The molecule has 2 atom stereocenters. The number of ether oxygens (including phenoxy) is 2. The van der Waals surface area contributed by atoms with E-state index in [9.17, 15) is 8.42 Å². The molecule has 0 N–H and O–H groups in total. The van der Waals surface area contributed by atoms with Gasteiger partial charge in [0, 0.05) is 18.2 Å². The van der Waals surface area contributed by atoms with Gasteiger partial charge in [-0.2, -0.15) is 4.31 Å². The first kappa shape index (κ1) is 17.1. The van der Waals surface area contributed by atoms with Crippen molar-refractivity contribution in [3.05, 3.63) is 17.7 Å². The SMILES string of the molecule is COc1cc(S(=O)(=O)N2C(C)CCCC2C)c(OC)cc1C. The molecule has 124 valence electrons. The zero-order valence-corrected chi connectivity index (χ0v) is 14.7. The number of benzene rings is 1.